The minimum Gasteiger partial charge on any atom is -0.506 e. The smallest absolute Gasteiger partial charge is 0.341 e. The molecule has 0 saturated carbocycles. The van der Waals surface area contributed by atoms with Crippen molar-refractivity contribution in [3.8, 4) is 5.75 Å². The van der Waals surface area contributed by atoms with Crippen LogP contribution in [0.4, 0.5) is 0 Å². The van der Waals surface area contributed by atoms with Crippen molar-refractivity contribution in [2.24, 2.45) is 0 Å². The van der Waals surface area contributed by atoms with Crippen LogP contribution in [0.1, 0.15) is 22.8 Å². The Morgan fingerprint density at radius 1 is 1.14 bits per heavy atom. The van der Waals surface area contributed by atoms with Crippen LogP contribution in [0, 0.1) is 6.92 Å². The molecule has 22 heavy (non-hydrogen) atoms. The summed E-state index contributed by atoms with van der Waals surface area (Å²) in [6.07, 6.45) is -0.692. The summed E-state index contributed by atoms with van der Waals surface area (Å²) in [5.74, 6) is -0.157. The van der Waals surface area contributed by atoms with Crippen LogP contribution in [-0.2, 0) is 9.53 Å². The number of rotatable bonds is 2. The van der Waals surface area contributed by atoms with E-state index in [4.69, 9.17) is 9.47 Å². The van der Waals surface area contributed by atoms with Crippen LogP contribution in [0.25, 0.3) is 5.76 Å². The molecular weight excluding hydrogens is 280 g/mol. The van der Waals surface area contributed by atoms with Gasteiger partial charge in [0, 0.05) is 0 Å². The van der Waals surface area contributed by atoms with Crippen LogP contribution in [0.15, 0.2) is 54.1 Å². The zero-order chi connectivity index (χ0) is 15.7. The second-order valence-electron chi connectivity index (χ2n) is 5.16. The molecule has 0 spiro atoms. The van der Waals surface area contributed by atoms with Crippen molar-refractivity contribution in [3.05, 3.63) is 70.8 Å². The molecular formula is C18H16O4. The fourth-order valence-corrected chi connectivity index (χ4v) is 2.51. The summed E-state index contributed by atoms with van der Waals surface area (Å²) in [6.45, 7) is 1.98. The molecule has 0 bridgehead atoms. The first-order valence-corrected chi connectivity index (χ1v) is 6.96. The highest BCUT2D eigenvalue weighted by molar-refractivity contribution is 5.98. The standard InChI is InChI=1S/C18H16O4/c1-11-7-9-12(10-8-11)17-15(18(20)21-2)16(19)13-5-3-4-6-14(13)22-17/h3-10,17,19H,1-2H3. The molecule has 0 aromatic heterocycles. The Morgan fingerprint density at radius 2 is 1.82 bits per heavy atom. The Hall–Kier alpha value is -2.75. The van der Waals surface area contributed by atoms with Crippen LogP contribution in [0.5, 0.6) is 5.75 Å². The number of hydrogen-bond acceptors (Lipinski definition) is 4. The van der Waals surface area contributed by atoms with E-state index in [1.807, 2.05) is 37.3 Å². The molecule has 0 radical (unpaired) electrons. The van der Waals surface area contributed by atoms with Crippen molar-refractivity contribution >= 4 is 11.7 Å². The average molecular weight is 296 g/mol. The number of benzene rings is 2. The number of aryl methyl sites for hydroxylation is 1. The molecule has 0 fully saturated rings. The molecule has 4 nitrogen and oxygen atoms in total. The van der Waals surface area contributed by atoms with Gasteiger partial charge in [-0.3, -0.25) is 0 Å². The van der Waals surface area contributed by atoms with Crippen LogP contribution >= 0.6 is 0 Å². The molecule has 1 unspecified atom stereocenters. The third kappa shape index (κ3) is 2.33. The van der Waals surface area contributed by atoms with E-state index >= 15 is 0 Å². The number of carbonyl (C=O) groups excluding carboxylic acids is 1. The minimum atomic E-state index is -0.692. The number of hydrogen-bond donors (Lipinski definition) is 1. The summed E-state index contributed by atoms with van der Waals surface area (Å²) in [5, 5.41) is 10.5. The van der Waals surface area contributed by atoms with Crippen LogP contribution in [0.3, 0.4) is 0 Å². The number of aliphatic hydroxyl groups excluding tert-OH is 1. The van der Waals surface area contributed by atoms with Gasteiger partial charge in [0.2, 0.25) is 0 Å². The Labute approximate surface area is 128 Å². The maximum absolute atomic E-state index is 12.1. The second-order valence-corrected chi connectivity index (χ2v) is 5.16. The Morgan fingerprint density at radius 3 is 2.50 bits per heavy atom. The van der Waals surface area contributed by atoms with E-state index in [9.17, 15) is 9.90 Å². The third-order valence-electron chi connectivity index (χ3n) is 3.69. The predicted octanol–water partition coefficient (Wildman–Crippen LogP) is 3.57. The van der Waals surface area contributed by atoms with Crippen LogP contribution in [-0.4, -0.2) is 18.2 Å². The molecule has 0 aliphatic carbocycles. The largest absolute Gasteiger partial charge is 0.506 e. The van der Waals surface area contributed by atoms with Gasteiger partial charge in [-0.25, -0.2) is 4.79 Å². The highest BCUT2D eigenvalue weighted by Crippen LogP contribution is 2.41. The highest BCUT2D eigenvalue weighted by atomic mass is 16.5. The molecule has 112 valence electrons. The molecule has 1 aliphatic rings. The molecule has 4 heteroatoms. The number of esters is 1. The minimum absolute atomic E-state index is 0.0979. The van der Waals surface area contributed by atoms with E-state index in [1.54, 1.807) is 18.2 Å². The maximum atomic E-state index is 12.1. The molecule has 1 atom stereocenters. The topological polar surface area (TPSA) is 55.8 Å². The normalized spacial score (nSPS) is 16.7. The lowest BCUT2D eigenvalue weighted by Crippen LogP contribution is -2.23. The molecule has 1 N–H and O–H groups in total. The molecule has 0 amide bonds. The summed E-state index contributed by atoms with van der Waals surface area (Å²) in [6, 6.07) is 14.7. The fourth-order valence-electron chi connectivity index (χ4n) is 2.51. The lowest BCUT2D eigenvalue weighted by atomic mass is 9.94. The summed E-state index contributed by atoms with van der Waals surface area (Å²) >= 11 is 0. The lowest BCUT2D eigenvalue weighted by Gasteiger charge is -2.28. The Bertz CT molecular complexity index is 744. The van der Waals surface area contributed by atoms with Gasteiger partial charge in [-0.15, -0.1) is 0 Å². The second kappa shape index (κ2) is 5.56. The van der Waals surface area contributed by atoms with E-state index in [0.29, 0.717) is 11.3 Å². The quantitative estimate of drug-likeness (QED) is 0.861. The molecule has 1 heterocycles. The number of methoxy groups -OCH3 is 1. The van der Waals surface area contributed by atoms with E-state index < -0.39 is 12.1 Å². The van der Waals surface area contributed by atoms with Crippen molar-refractivity contribution in [3.63, 3.8) is 0 Å². The van der Waals surface area contributed by atoms with E-state index in [2.05, 4.69) is 0 Å². The molecule has 1 aliphatic heterocycles. The number of carbonyl (C=O) groups is 1. The first-order valence-electron chi connectivity index (χ1n) is 6.96. The summed E-state index contributed by atoms with van der Waals surface area (Å²) in [7, 11) is 1.29. The van der Waals surface area contributed by atoms with Crippen molar-refractivity contribution in [2.45, 2.75) is 13.0 Å². The van der Waals surface area contributed by atoms with Crippen LogP contribution < -0.4 is 4.74 Å². The van der Waals surface area contributed by atoms with Gasteiger partial charge in [0.05, 0.1) is 12.7 Å². The molecule has 2 aromatic rings. The van der Waals surface area contributed by atoms with E-state index in [1.165, 1.54) is 7.11 Å². The molecule has 2 aromatic carbocycles. The van der Waals surface area contributed by atoms with E-state index in [-0.39, 0.29) is 11.3 Å². The van der Waals surface area contributed by atoms with Crippen molar-refractivity contribution in [1.82, 2.24) is 0 Å². The fraction of sp³-hybridized carbons (Fsp3) is 0.167. The van der Waals surface area contributed by atoms with Crippen LogP contribution in [0.2, 0.25) is 0 Å². The number of aliphatic hydroxyl groups is 1. The summed E-state index contributed by atoms with van der Waals surface area (Å²) in [4.78, 5) is 12.1. The number of ether oxygens (including phenoxy) is 2. The SMILES string of the molecule is COC(=O)C1=C(O)c2ccccc2OC1c1ccc(C)cc1. The Balaban J connectivity index is 2.16. The highest BCUT2D eigenvalue weighted by Gasteiger charge is 2.35. The molecule has 3 rings (SSSR count). The zero-order valence-corrected chi connectivity index (χ0v) is 12.4. The van der Waals surface area contributed by atoms with Crippen molar-refractivity contribution in [1.29, 1.82) is 0 Å². The average Bonchev–Trinajstić information content (AvgIpc) is 2.55. The third-order valence-corrected chi connectivity index (χ3v) is 3.69. The maximum Gasteiger partial charge on any atom is 0.341 e. The number of para-hydroxylation sites is 1. The van der Waals surface area contributed by atoms with Gasteiger partial charge in [0.15, 0.2) is 6.10 Å². The van der Waals surface area contributed by atoms with Gasteiger partial charge < -0.3 is 14.6 Å². The summed E-state index contributed by atoms with van der Waals surface area (Å²) < 4.78 is 10.8. The monoisotopic (exact) mass is 296 g/mol. The van der Waals surface area contributed by atoms with Crippen molar-refractivity contribution < 1.29 is 19.4 Å². The van der Waals surface area contributed by atoms with Gasteiger partial charge in [-0.2, -0.15) is 0 Å². The van der Waals surface area contributed by atoms with Crippen molar-refractivity contribution in [2.75, 3.05) is 7.11 Å². The van der Waals surface area contributed by atoms with Gasteiger partial charge in [0.1, 0.15) is 17.1 Å². The summed E-state index contributed by atoms with van der Waals surface area (Å²) in [5.41, 5.74) is 2.50. The predicted molar refractivity (Wildman–Crippen MR) is 82.6 cm³/mol. The Kier molecular flexibility index (Phi) is 3.59. The van der Waals surface area contributed by atoms with Gasteiger partial charge in [0.25, 0.3) is 0 Å². The molecule has 0 saturated heterocycles. The lowest BCUT2D eigenvalue weighted by molar-refractivity contribution is -0.137. The first-order chi connectivity index (χ1) is 10.6. The zero-order valence-electron chi connectivity index (χ0n) is 12.4. The first kappa shape index (κ1) is 14.2. The van der Waals surface area contributed by atoms with Gasteiger partial charge >= 0.3 is 5.97 Å². The number of fused-ring (bicyclic) bond motifs is 1. The van der Waals surface area contributed by atoms with Gasteiger partial charge in [-0.1, -0.05) is 42.0 Å². The van der Waals surface area contributed by atoms with E-state index in [0.717, 1.165) is 11.1 Å². The van der Waals surface area contributed by atoms with Gasteiger partial charge in [-0.05, 0) is 24.6 Å².